The molecular weight excluding hydrogens is 471 g/mol. The van der Waals surface area contributed by atoms with E-state index in [1.807, 2.05) is 30.3 Å². The van der Waals surface area contributed by atoms with Crippen LogP contribution in [0, 0.1) is 3.57 Å². The lowest BCUT2D eigenvalue weighted by Crippen LogP contribution is -2.13. The van der Waals surface area contributed by atoms with Crippen LogP contribution in [0.2, 0.25) is 5.02 Å². The van der Waals surface area contributed by atoms with E-state index in [9.17, 15) is 4.79 Å². The minimum Gasteiger partial charge on any atom is -0.493 e. The lowest BCUT2D eigenvalue weighted by molar-refractivity contribution is -0.142. The smallest absolute Gasteiger partial charge is 0.343 e. The quantitative estimate of drug-likeness (QED) is 0.266. The first-order chi connectivity index (χ1) is 12.5. The summed E-state index contributed by atoms with van der Waals surface area (Å²) in [4.78, 5) is 11.2. The predicted octanol–water partition coefficient (Wildman–Crippen LogP) is 3.63. The molecule has 0 heterocycles. The van der Waals surface area contributed by atoms with Gasteiger partial charge < -0.3 is 19.6 Å². The average Bonchev–Trinajstić information content (AvgIpc) is 2.65. The normalized spacial score (nSPS) is 10.6. The van der Waals surface area contributed by atoms with Crippen molar-refractivity contribution in [2.24, 2.45) is 5.10 Å². The van der Waals surface area contributed by atoms with Gasteiger partial charge in [-0.15, -0.1) is 0 Å². The Bertz CT molecular complexity index is 782. The van der Waals surface area contributed by atoms with E-state index >= 15 is 0 Å². The van der Waals surface area contributed by atoms with Crippen LogP contribution in [-0.2, 0) is 16.1 Å². The highest BCUT2D eigenvalue weighted by Crippen LogP contribution is 2.33. The van der Waals surface area contributed by atoms with Gasteiger partial charge in [-0.25, -0.2) is 4.79 Å². The molecule has 138 valence electrons. The molecule has 0 aromatic heterocycles. The predicted molar refractivity (Wildman–Crippen MR) is 109 cm³/mol. The van der Waals surface area contributed by atoms with Crippen LogP contribution >= 0.6 is 34.2 Å². The number of ether oxygens (including phenoxy) is 3. The number of carbonyl (C=O) groups is 1. The highest BCUT2D eigenvalue weighted by molar-refractivity contribution is 14.1. The van der Waals surface area contributed by atoms with E-state index in [1.165, 1.54) is 14.2 Å². The first kappa shape index (κ1) is 20.3. The first-order valence-electron chi connectivity index (χ1n) is 7.61. The SMILES string of the molecule is COC(=O)COc1c(I)cc(/C=N\NCc2ccc(Cl)cc2)cc1OC. The highest BCUT2D eigenvalue weighted by Gasteiger charge is 2.13. The molecule has 0 bridgehead atoms. The van der Waals surface area contributed by atoms with Gasteiger partial charge in [0.05, 0.1) is 30.5 Å². The molecule has 0 aliphatic rings. The van der Waals surface area contributed by atoms with E-state index in [0.717, 1.165) is 14.7 Å². The van der Waals surface area contributed by atoms with Crippen molar-refractivity contribution in [3.05, 3.63) is 56.1 Å². The Morgan fingerprint density at radius 1 is 1.27 bits per heavy atom. The average molecular weight is 489 g/mol. The van der Waals surface area contributed by atoms with E-state index in [1.54, 1.807) is 12.3 Å². The lowest BCUT2D eigenvalue weighted by atomic mass is 10.2. The monoisotopic (exact) mass is 488 g/mol. The number of hydrogen-bond acceptors (Lipinski definition) is 6. The number of hydrogen-bond donors (Lipinski definition) is 1. The van der Waals surface area contributed by atoms with Crippen molar-refractivity contribution < 1.29 is 19.0 Å². The van der Waals surface area contributed by atoms with Crippen molar-refractivity contribution in [2.45, 2.75) is 6.54 Å². The molecule has 8 heteroatoms. The molecule has 0 saturated carbocycles. The van der Waals surface area contributed by atoms with Gasteiger partial charge >= 0.3 is 5.97 Å². The second kappa shape index (κ2) is 10.2. The number of benzene rings is 2. The fourth-order valence-corrected chi connectivity index (χ4v) is 2.91. The summed E-state index contributed by atoms with van der Waals surface area (Å²) in [6.07, 6.45) is 1.69. The minimum atomic E-state index is -0.458. The molecule has 2 aromatic rings. The van der Waals surface area contributed by atoms with Gasteiger partial charge in [0.25, 0.3) is 0 Å². The third kappa shape index (κ3) is 6.06. The standard InChI is InChI=1S/C18H18ClIN2O4/c1-24-16-8-13(7-15(20)18(16)26-11-17(23)25-2)10-22-21-9-12-3-5-14(19)6-4-12/h3-8,10,21H,9,11H2,1-2H3/b22-10-. The molecule has 6 nitrogen and oxygen atoms in total. The molecular formula is C18H18ClIN2O4. The highest BCUT2D eigenvalue weighted by atomic mass is 127. The Balaban J connectivity index is 2.01. The van der Waals surface area contributed by atoms with Crippen LogP contribution in [0.1, 0.15) is 11.1 Å². The summed E-state index contributed by atoms with van der Waals surface area (Å²) in [6, 6.07) is 11.2. The Labute approximate surface area is 170 Å². The van der Waals surface area contributed by atoms with Gasteiger partial charge in [-0.1, -0.05) is 23.7 Å². The fraction of sp³-hybridized carbons (Fsp3) is 0.222. The summed E-state index contributed by atoms with van der Waals surface area (Å²) in [7, 11) is 2.85. The molecule has 0 fully saturated rings. The number of halogens is 2. The second-order valence-electron chi connectivity index (χ2n) is 5.12. The number of nitrogens with one attached hydrogen (secondary N) is 1. The van der Waals surface area contributed by atoms with E-state index < -0.39 is 5.97 Å². The number of carbonyl (C=O) groups excluding carboxylic acids is 1. The van der Waals surface area contributed by atoms with Gasteiger partial charge in [-0.3, -0.25) is 0 Å². The van der Waals surface area contributed by atoms with Gasteiger partial charge in [-0.2, -0.15) is 5.10 Å². The number of rotatable bonds is 8. The van der Waals surface area contributed by atoms with Crippen LogP contribution in [-0.4, -0.2) is 33.0 Å². The molecule has 26 heavy (non-hydrogen) atoms. The second-order valence-corrected chi connectivity index (χ2v) is 6.72. The van der Waals surface area contributed by atoms with Gasteiger partial charge in [0.15, 0.2) is 18.1 Å². The third-order valence-electron chi connectivity index (χ3n) is 3.32. The molecule has 2 rings (SSSR count). The maximum absolute atomic E-state index is 11.2. The van der Waals surface area contributed by atoms with Crippen LogP contribution in [0.25, 0.3) is 0 Å². The number of hydrazone groups is 1. The van der Waals surface area contributed by atoms with Crippen molar-refractivity contribution in [3.8, 4) is 11.5 Å². The van der Waals surface area contributed by atoms with Crippen molar-refractivity contribution in [3.63, 3.8) is 0 Å². The van der Waals surface area contributed by atoms with E-state index in [2.05, 4.69) is 37.9 Å². The largest absolute Gasteiger partial charge is 0.493 e. The van der Waals surface area contributed by atoms with Crippen LogP contribution in [0.15, 0.2) is 41.5 Å². The van der Waals surface area contributed by atoms with Crippen molar-refractivity contribution in [2.75, 3.05) is 20.8 Å². The van der Waals surface area contributed by atoms with E-state index in [-0.39, 0.29) is 6.61 Å². The van der Waals surface area contributed by atoms with E-state index in [4.69, 9.17) is 21.1 Å². The zero-order valence-corrected chi connectivity index (χ0v) is 17.2. The number of methoxy groups -OCH3 is 2. The van der Waals surface area contributed by atoms with Gasteiger partial charge in [0.1, 0.15) is 0 Å². The molecule has 0 saturated heterocycles. The maximum atomic E-state index is 11.2. The summed E-state index contributed by atoms with van der Waals surface area (Å²) < 4.78 is 16.2. The molecule has 2 aromatic carbocycles. The molecule has 0 radical (unpaired) electrons. The van der Waals surface area contributed by atoms with Crippen LogP contribution in [0.5, 0.6) is 11.5 Å². The Hall–Kier alpha value is -2.00. The third-order valence-corrected chi connectivity index (χ3v) is 4.37. The Kier molecular flexibility index (Phi) is 7.99. The lowest BCUT2D eigenvalue weighted by Gasteiger charge is -2.12. The van der Waals surface area contributed by atoms with Crippen LogP contribution in [0.4, 0.5) is 0 Å². The van der Waals surface area contributed by atoms with Crippen molar-refractivity contribution in [1.82, 2.24) is 5.43 Å². The number of esters is 1. The number of nitrogens with zero attached hydrogens (tertiary/aromatic N) is 1. The summed E-state index contributed by atoms with van der Waals surface area (Å²) in [5, 5.41) is 4.91. The maximum Gasteiger partial charge on any atom is 0.343 e. The molecule has 0 aliphatic carbocycles. The zero-order valence-electron chi connectivity index (χ0n) is 14.3. The summed E-state index contributed by atoms with van der Waals surface area (Å²) in [5.74, 6) is 0.546. The molecule has 0 unspecified atom stereocenters. The molecule has 0 aliphatic heterocycles. The van der Waals surface area contributed by atoms with Crippen LogP contribution in [0.3, 0.4) is 0 Å². The first-order valence-corrected chi connectivity index (χ1v) is 9.06. The topological polar surface area (TPSA) is 69.2 Å². The van der Waals surface area contributed by atoms with Crippen LogP contribution < -0.4 is 14.9 Å². The minimum absolute atomic E-state index is 0.182. The molecule has 1 N–H and O–H groups in total. The Morgan fingerprint density at radius 3 is 2.65 bits per heavy atom. The molecule has 0 spiro atoms. The fourth-order valence-electron chi connectivity index (χ4n) is 2.00. The summed E-state index contributed by atoms with van der Waals surface area (Å²) >= 11 is 7.97. The zero-order chi connectivity index (χ0) is 18.9. The van der Waals surface area contributed by atoms with Crippen molar-refractivity contribution >= 4 is 46.4 Å². The molecule has 0 amide bonds. The molecule has 0 atom stereocenters. The summed E-state index contributed by atoms with van der Waals surface area (Å²) in [6.45, 7) is 0.404. The van der Waals surface area contributed by atoms with Gasteiger partial charge in [-0.05, 0) is 58.0 Å². The van der Waals surface area contributed by atoms with Gasteiger partial charge in [0.2, 0.25) is 0 Å². The van der Waals surface area contributed by atoms with Crippen molar-refractivity contribution in [1.29, 1.82) is 0 Å². The van der Waals surface area contributed by atoms with Gasteiger partial charge in [0, 0.05) is 5.02 Å². The summed E-state index contributed by atoms with van der Waals surface area (Å²) in [5.41, 5.74) is 4.89. The van der Waals surface area contributed by atoms with E-state index in [0.29, 0.717) is 23.1 Å². The Morgan fingerprint density at radius 2 is 2.00 bits per heavy atom.